The van der Waals surface area contributed by atoms with Crippen molar-refractivity contribution in [2.45, 2.75) is 12.7 Å². The molecule has 2 aromatic carbocycles. The van der Waals surface area contributed by atoms with E-state index in [0.717, 1.165) is 16.9 Å². The van der Waals surface area contributed by atoms with Gasteiger partial charge in [0.1, 0.15) is 11.6 Å². The maximum absolute atomic E-state index is 12.9. The number of fused-ring (bicyclic) bond motifs is 1. The fraction of sp³-hybridized carbons (Fsp3) is 0.188. The molecule has 3 aromatic rings. The molecule has 7 heteroatoms. The van der Waals surface area contributed by atoms with E-state index in [9.17, 15) is 12.8 Å². The number of benzene rings is 2. The van der Waals surface area contributed by atoms with Gasteiger partial charge >= 0.3 is 0 Å². The van der Waals surface area contributed by atoms with Gasteiger partial charge < -0.3 is 4.98 Å². The van der Waals surface area contributed by atoms with Crippen LogP contribution in [0.1, 0.15) is 11.4 Å². The number of aryl methyl sites for hydroxylation is 1. The highest BCUT2D eigenvalue weighted by Crippen LogP contribution is 2.23. The van der Waals surface area contributed by atoms with Crippen molar-refractivity contribution < 1.29 is 12.8 Å². The third-order valence-corrected chi connectivity index (χ3v) is 5.37. The summed E-state index contributed by atoms with van der Waals surface area (Å²) in [5, 5.41) is 0. The minimum absolute atomic E-state index is 0.191. The van der Waals surface area contributed by atoms with Crippen molar-refractivity contribution in [2.24, 2.45) is 0 Å². The first kappa shape index (κ1) is 15.5. The summed E-state index contributed by atoms with van der Waals surface area (Å²) in [6.45, 7) is 1.84. The van der Waals surface area contributed by atoms with E-state index in [4.69, 9.17) is 0 Å². The van der Waals surface area contributed by atoms with Crippen molar-refractivity contribution in [1.82, 2.24) is 9.97 Å². The van der Waals surface area contributed by atoms with Gasteiger partial charge in [-0.2, -0.15) is 0 Å². The second kappa shape index (κ2) is 5.66. The molecule has 1 N–H and O–H groups in total. The van der Waals surface area contributed by atoms with Crippen LogP contribution in [0.3, 0.4) is 0 Å². The van der Waals surface area contributed by atoms with Gasteiger partial charge in [0.2, 0.25) is 10.0 Å². The lowest BCUT2D eigenvalue weighted by Crippen LogP contribution is -2.27. The van der Waals surface area contributed by atoms with Gasteiger partial charge in [-0.25, -0.2) is 17.8 Å². The van der Waals surface area contributed by atoms with Crippen LogP contribution in [-0.2, 0) is 15.8 Å². The number of anilines is 1. The third kappa shape index (κ3) is 3.19. The average Bonchev–Trinajstić information content (AvgIpc) is 2.87. The number of halogens is 1. The highest BCUT2D eigenvalue weighted by Gasteiger charge is 2.19. The summed E-state index contributed by atoms with van der Waals surface area (Å²) in [5.41, 5.74) is 2.65. The molecule has 0 aliphatic rings. The summed E-state index contributed by atoms with van der Waals surface area (Å²) in [5.74, 6) is 0.192. The van der Waals surface area contributed by atoms with E-state index in [-0.39, 0.29) is 11.6 Å². The molecule has 0 bridgehead atoms. The number of rotatable bonds is 4. The van der Waals surface area contributed by atoms with Crippen molar-refractivity contribution in [3.63, 3.8) is 0 Å². The highest BCUT2D eigenvalue weighted by molar-refractivity contribution is 7.92. The molecule has 0 atom stereocenters. The number of hydrogen-bond acceptors (Lipinski definition) is 3. The molecule has 0 saturated carbocycles. The van der Waals surface area contributed by atoms with Crippen molar-refractivity contribution in [2.75, 3.05) is 11.4 Å². The van der Waals surface area contributed by atoms with E-state index in [0.29, 0.717) is 11.3 Å². The molecule has 3 rings (SSSR count). The first-order valence-electron chi connectivity index (χ1n) is 7.02. The van der Waals surface area contributed by atoms with E-state index in [1.807, 2.05) is 6.92 Å². The number of nitrogens with zero attached hydrogens (tertiary/aromatic N) is 2. The monoisotopic (exact) mass is 333 g/mol. The van der Waals surface area contributed by atoms with Gasteiger partial charge in [-0.3, -0.25) is 4.31 Å². The summed E-state index contributed by atoms with van der Waals surface area (Å²) in [6.07, 6.45) is 0. The van der Waals surface area contributed by atoms with Crippen LogP contribution in [0, 0.1) is 12.7 Å². The van der Waals surface area contributed by atoms with Crippen LogP contribution in [0.25, 0.3) is 11.0 Å². The fourth-order valence-electron chi connectivity index (χ4n) is 2.37. The summed E-state index contributed by atoms with van der Waals surface area (Å²) >= 11 is 0. The smallest absolute Gasteiger partial charge is 0.239 e. The Balaban J connectivity index is 1.89. The SMILES string of the molecule is Cc1nc2ccc(N(C)S(=O)(=O)Cc3ccc(F)cc3)cc2[nH]1. The molecular weight excluding hydrogens is 317 g/mol. The molecular formula is C16H16FN3O2S. The predicted octanol–water partition coefficient (Wildman–Crippen LogP) is 2.98. The van der Waals surface area contributed by atoms with Crippen LogP contribution in [0.4, 0.5) is 10.1 Å². The van der Waals surface area contributed by atoms with Gasteiger partial charge in [0.15, 0.2) is 0 Å². The lowest BCUT2D eigenvalue weighted by Gasteiger charge is -2.19. The molecule has 120 valence electrons. The summed E-state index contributed by atoms with van der Waals surface area (Å²) < 4.78 is 39.2. The Labute approximate surface area is 133 Å². The number of aromatic nitrogens is 2. The molecule has 0 unspecified atom stereocenters. The van der Waals surface area contributed by atoms with E-state index in [1.54, 1.807) is 18.2 Å². The third-order valence-electron chi connectivity index (χ3n) is 3.63. The van der Waals surface area contributed by atoms with Gasteiger partial charge in [-0.1, -0.05) is 12.1 Å². The number of imidazole rings is 1. The normalized spacial score (nSPS) is 11.8. The van der Waals surface area contributed by atoms with E-state index < -0.39 is 10.0 Å². The fourth-order valence-corrected chi connectivity index (χ4v) is 3.61. The molecule has 0 aliphatic carbocycles. The lowest BCUT2D eigenvalue weighted by molar-refractivity contribution is 0.593. The minimum Gasteiger partial charge on any atom is -0.342 e. The van der Waals surface area contributed by atoms with E-state index in [2.05, 4.69) is 9.97 Å². The van der Waals surface area contributed by atoms with Crippen LogP contribution in [-0.4, -0.2) is 25.4 Å². The van der Waals surface area contributed by atoms with Crippen molar-refractivity contribution in [3.05, 3.63) is 59.7 Å². The topological polar surface area (TPSA) is 66.1 Å². The lowest BCUT2D eigenvalue weighted by atomic mass is 10.2. The Bertz CT molecular complexity index is 949. The molecule has 1 heterocycles. The molecule has 0 radical (unpaired) electrons. The Morgan fingerprint density at radius 2 is 1.87 bits per heavy atom. The molecule has 0 aliphatic heterocycles. The zero-order valence-electron chi connectivity index (χ0n) is 12.7. The maximum Gasteiger partial charge on any atom is 0.239 e. The molecule has 0 saturated heterocycles. The quantitative estimate of drug-likeness (QED) is 0.798. The molecule has 23 heavy (non-hydrogen) atoms. The van der Waals surface area contributed by atoms with Crippen LogP contribution in [0.5, 0.6) is 0 Å². The van der Waals surface area contributed by atoms with Gasteiger partial charge in [-0.15, -0.1) is 0 Å². The van der Waals surface area contributed by atoms with Gasteiger partial charge in [-0.05, 0) is 42.8 Å². The number of sulfonamides is 1. The Hall–Kier alpha value is -2.41. The predicted molar refractivity (Wildman–Crippen MR) is 88.3 cm³/mol. The maximum atomic E-state index is 12.9. The molecule has 0 amide bonds. The summed E-state index contributed by atoms with van der Waals surface area (Å²) in [4.78, 5) is 7.38. The zero-order chi connectivity index (χ0) is 16.6. The number of H-pyrrole nitrogens is 1. The number of nitrogens with one attached hydrogen (secondary N) is 1. The molecule has 0 fully saturated rings. The number of hydrogen-bond donors (Lipinski definition) is 1. The second-order valence-corrected chi connectivity index (χ2v) is 7.37. The summed E-state index contributed by atoms with van der Waals surface area (Å²) in [7, 11) is -2.06. The number of aromatic amines is 1. The Morgan fingerprint density at radius 3 is 2.57 bits per heavy atom. The van der Waals surface area contributed by atoms with Crippen molar-refractivity contribution in [3.8, 4) is 0 Å². The standard InChI is InChI=1S/C16H16FN3O2S/c1-11-18-15-8-7-14(9-16(15)19-11)20(2)23(21,22)10-12-3-5-13(17)6-4-12/h3-9H,10H2,1-2H3,(H,18,19). The highest BCUT2D eigenvalue weighted by atomic mass is 32.2. The average molecular weight is 333 g/mol. The molecule has 5 nitrogen and oxygen atoms in total. The van der Waals surface area contributed by atoms with Crippen molar-refractivity contribution >= 4 is 26.7 Å². The largest absolute Gasteiger partial charge is 0.342 e. The van der Waals surface area contributed by atoms with Crippen LogP contribution in [0.15, 0.2) is 42.5 Å². The van der Waals surface area contributed by atoms with E-state index in [1.165, 1.54) is 35.6 Å². The first-order chi connectivity index (χ1) is 10.8. The Kier molecular flexibility index (Phi) is 3.81. The van der Waals surface area contributed by atoms with Gasteiger partial charge in [0.05, 0.1) is 22.5 Å². The Morgan fingerprint density at radius 1 is 1.17 bits per heavy atom. The molecule has 1 aromatic heterocycles. The van der Waals surface area contributed by atoms with Crippen LogP contribution >= 0.6 is 0 Å². The zero-order valence-corrected chi connectivity index (χ0v) is 13.6. The second-order valence-electron chi connectivity index (χ2n) is 5.37. The summed E-state index contributed by atoms with van der Waals surface area (Å²) in [6, 6.07) is 10.7. The first-order valence-corrected chi connectivity index (χ1v) is 8.63. The van der Waals surface area contributed by atoms with E-state index >= 15 is 0 Å². The van der Waals surface area contributed by atoms with Gasteiger partial charge in [0, 0.05) is 7.05 Å². The van der Waals surface area contributed by atoms with Crippen LogP contribution in [0.2, 0.25) is 0 Å². The van der Waals surface area contributed by atoms with Gasteiger partial charge in [0.25, 0.3) is 0 Å². The minimum atomic E-state index is -3.56. The molecule has 0 spiro atoms. The van der Waals surface area contributed by atoms with Crippen molar-refractivity contribution in [1.29, 1.82) is 0 Å². The van der Waals surface area contributed by atoms with Crippen LogP contribution < -0.4 is 4.31 Å².